The van der Waals surface area contributed by atoms with Crippen LogP contribution in [0, 0.1) is 0 Å². The highest BCUT2D eigenvalue weighted by Crippen LogP contribution is 2.20. The van der Waals surface area contributed by atoms with Crippen molar-refractivity contribution in [2.75, 3.05) is 13.6 Å². The van der Waals surface area contributed by atoms with Crippen LogP contribution in [0.15, 0.2) is 48.9 Å². The molecule has 0 saturated carbocycles. The molecule has 0 aliphatic carbocycles. The Balaban J connectivity index is 1.54. The van der Waals surface area contributed by atoms with Gasteiger partial charge >= 0.3 is 0 Å². The highest BCUT2D eigenvalue weighted by atomic mass is 16.2. The van der Waals surface area contributed by atoms with E-state index in [-0.39, 0.29) is 11.9 Å². The van der Waals surface area contributed by atoms with Crippen molar-refractivity contribution >= 4 is 16.9 Å². The van der Waals surface area contributed by atoms with Gasteiger partial charge in [-0.2, -0.15) is 0 Å². The number of benzene rings is 1. The molecule has 2 aromatic heterocycles. The largest absolute Gasteiger partial charge is 0.351 e. The molecule has 1 aliphatic heterocycles. The maximum atomic E-state index is 12.8. The van der Waals surface area contributed by atoms with E-state index in [1.165, 1.54) is 12.8 Å². The molecule has 0 bridgehead atoms. The van der Waals surface area contributed by atoms with Gasteiger partial charge in [-0.1, -0.05) is 31.0 Å². The van der Waals surface area contributed by atoms with Gasteiger partial charge in [-0.15, -0.1) is 0 Å². The molecule has 1 aliphatic rings. The summed E-state index contributed by atoms with van der Waals surface area (Å²) in [6, 6.07) is 11.9. The fourth-order valence-corrected chi connectivity index (χ4v) is 3.80. The van der Waals surface area contributed by atoms with Gasteiger partial charge < -0.3 is 5.32 Å². The van der Waals surface area contributed by atoms with Crippen molar-refractivity contribution in [1.82, 2.24) is 24.8 Å². The summed E-state index contributed by atoms with van der Waals surface area (Å²) < 4.78 is 1.98. The Kier molecular flexibility index (Phi) is 5.16. The zero-order chi connectivity index (χ0) is 18.6. The van der Waals surface area contributed by atoms with Crippen LogP contribution in [0.2, 0.25) is 0 Å². The van der Waals surface area contributed by atoms with Gasteiger partial charge in [-0.25, -0.2) is 9.97 Å². The lowest BCUT2D eigenvalue weighted by atomic mass is 10.1. The summed E-state index contributed by atoms with van der Waals surface area (Å²) >= 11 is 0. The van der Waals surface area contributed by atoms with E-state index in [0.717, 1.165) is 41.8 Å². The van der Waals surface area contributed by atoms with E-state index in [2.05, 4.69) is 20.2 Å². The second kappa shape index (κ2) is 7.88. The lowest BCUT2D eigenvalue weighted by molar-refractivity contribution is -0.126. The van der Waals surface area contributed by atoms with Gasteiger partial charge in [0.15, 0.2) is 0 Å². The molecule has 27 heavy (non-hydrogen) atoms. The van der Waals surface area contributed by atoms with Crippen LogP contribution in [-0.4, -0.2) is 45.0 Å². The number of imidazole rings is 1. The fraction of sp³-hybridized carbons (Fsp3) is 0.381. The number of likely N-dealkylation sites (tertiary alicyclic amines) is 1. The van der Waals surface area contributed by atoms with Crippen LogP contribution in [0.1, 0.15) is 31.2 Å². The van der Waals surface area contributed by atoms with E-state index in [9.17, 15) is 4.79 Å². The third-order valence-corrected chi connectivity index (χ3v) is 5.33. The first-order chi connectivity index (χ1) is 13.2. The van der Waals surface area contributed by atoms with E-state index < -0.39 is 0 Å². The number of aromatic nitrogens is 3. The molecule has 1 saturated heterocycles. The monoisotopic (exact) mass is 363 g/mol. The molecule has 1 atom stereocenters. The molecule has 3 heterocycles. The molecule has 3 aromatic rings. The third kappa shape index (κ3) is 3.71. The number of carbonyl (C=O) groups is 1. The van der Waals surface area contributed by atoms with Gasteiger partial charge in [0.1, 0.15) is 12.1 Å². The Hall–Kier alpha value is -2.73. The van der Waals surface area contributed by atoms with Crippen molar-refractivity contribution in [2.24, 2.45) is 0 Å². The van der Waals surface area contributed by atoms with Crippen molar-refractivity contribution in [3.63, 3.8) is 0 Å². The first kappa shape index (κ1) is 17.7. The maximum Gasteiger partial charge on any atom is 0.237 e. The molecule has 140 valence electrons. The van der Waals surface area contributed by atoms with Crippen molar-refractivity contribution < 1.29 is 4.79 Å². The van der Waals surface area contributed by atoms with E-state index in [4.69, 9.17) is 0 Å². The average Bonchev–Trinajstić information content (AvgIpc) is 3.01. The molecular formula is C21H25N5O. The fourth-order valence-electron chi connectivity index (χ4n) is 3.80. The number of likely N-dealkylation sites (N-methyl/N-ethyl adjacent to an activating group) is 1. The molecule has 0 spiro atoms. The summed E-state index contributed by atoms with van der Waals surface area (Å²) in [5.41, 5.74) is 2.91. The molecule has 1 aromatic carbocycles. The van der Waals surface area contributed by atoms with Gasteiger partial charge in [0.05, 0.1) is 17.1 Å². The van der Waals surface area contributed by atoms with E-state index in [0.29, 0.717) is 6.54 Å². The summed E-state index contributed by atoms with van der Waals surface area (Å²) in [4.78, 5) is 23.9. The minimum atomic E-state index is -0.0401. The number of pyridine rings is 1. The molecule has 1 amide bonds. The zero-order valence-electron chi connectivity index (χ0n) is 15.6. The molecule has 6 nitrogen and oxygen atoms in total. The Labute approximate surface area is 159 Å². The van der Waals surface area contributed by atoms with Gasteiger partial charge in [0, 0.05) is 18.3 Å². The van der Waals surface area contributed by atoms with Gasteiger partial charge in [0.2, 0.25) is 5.91 Å². The van der Waals surface area contributed by atoms with E-state index >= 15 is 0 Å². The highest BCUT2D eigenvalue weighted by molar-refractivity contribution is 5.82. The zero-order valence-corrected chi connectivity index (χ0v) is 15.6. The molecular weight excluding hydrogens is 338 g/mol. The Morgan fingerprint density at radius 2 is 2.04 bits per heavy atom. The third-order valence-electron chi connectivity index (χ3n) is 5.33. The number of hydrogen-bond acceptors (Lipinski definition) is 4. The Bertz CT molecular complexity index is 935. The smallest absolute Gasteiger partial charge is 0.237 e. The van der Waals surface area contributed by atoms with Crippen molar-refractivity contribution in [2.45, 2.75) is 38.3 Å². The lowest BCUT2D eigenvalue weighted by Crippen LogP contribution is -2.44. The normalized spacial score (nSPS) is 18.3. The Morgan fingerprint density at radius 1 is 1.15 bits per heavy atom. The second-order valence-electron chi connectivity index (χ2n) is 7.15. The molecule has 0 radical (unpaired) electrons. The van der Waals surface area contributed by atoms with Crippen molar-refractivity contribution in [3.8, 4) is 5.82 Å². The first-order valence-corrected chi connectivity index (χ1v) is 9.58. The number of amides is 1. The summed E-state index contributed by atoms with van der Waals surface area (Å²) in [5.74, 6) is 0.908. The van der Waals surface area contributed by atoms with Crippen molar-refractivity contribution in [1.29, 1.82) is 0 Å². The number of para-hydroxylation sites is 2. The topological polar surface area (TPSA) is 63.1 Å². The number of rotatable bonds is 4. The molecule has 6 heteroatoms. The SMILES string of the molecule is CN1CCCCC[C@H]1C(=O)NCc1cccnc1-n1cnc2ccccc21. The summed E-state index contributed by atoms with van der Waals surface area (Å²) in [5, 5.41) is 3.12. The number of nitrogens with zero attached hydrogens (tertiary/aromatic N) is 4. The second-order valence-corrected chi connectivity index (χ2v) is 7.15. The molecule has 0 unspecified atom stereocenters. The van der Waals surface area contributed by atoms with Gasteiger partial charge in [-0.05, 0) is 44.6 Å². The standard InChI is InChI=1S/C21H25N5O/c1-25-13-6-2-3-11-19(25)21(27)23-14-16-8-7-12-22-20(16)26-15-24-17-9-4-5-10-18(17)26/h4-5,7-10,12,15,19H,2-3,6,11,13-14H2,1H3,(H,23,27)/t19-/m0/s1. The highest BCUT2D eigenvalue weighted by Gasteiger charge is 2.24. The maximum absolute atomic E-state index is 12.8. The van der Waals surface area contributed by atoms with E-state index in [1.54, 1.807) is 12.5 Å². The lowest BCUT2D eigenvalue weighted by Gasteiger charge is -2.24. The van der Waals surface area contributed by atoms with Crippen LogP contribution in [0.25, 0.3) is 16.9 Å². The molecule has 1 N–H and O–H groups in total. The minimum Gasteiger partial charge on any atom is -0.351 e. The first-order valence-electron chi connectivity index (χ1n) is 9.58. The van der Waals surface area contributed by atoms with Crippen LogP contribution >= 0.6 is 0 Å². The van der Waals surface area contributed by atoms with Crippen LogP contribution in [0.3, 0.4) is 0 Å². The number of hydrogen-bond donors (Lipinski definition) is 1. The number of fused-ring (bicyclic) bond motifs is 1. The number of nitrogens with one attached hydrogen (secondary N) is 1. The van der Waals surface area contributed by atoms with Crippen molar-refractivity contribution in [3.05, 3.63) is 54.5 Å². The van der Waals surface area contributed by atoms with E-state index in [1.807, 2.05) is 48.0 Å². The molecule has 1 fully saturated rings. The summed E-state index contributed by atoms with van der Waals surface area (Å²) in [6.07, 6.45) is 7.97. The predicted molar refractivity (Wildman–Crippen MR) is 106 cm³/mol. The van der Waals surface area contributed by atoms with Gasteiger partial charge in [-0.3, -0.25) is 14.3 Å². The summed E-state index contributed by atoms with van der Waals surface area (Å²) in [6.45, 7) is 1.44. The molecule has 4 rings (SSSR count). The van der Waals surface area contributed by atoms with Gasteiger partial charge in [0.25, 0.3) is 0 Å². The van der Waals surface area contributed by atoms with Crippen LogP contribution in [-0.2, 0) is 11.3 Å². The Morgan fingerprint density at radius 3 is 2.96 bits per heavy atom. The van der Waals surface area contributed by atoms with Crippen LogP contribution in [0.4, 0.5) is 0 Å². The average molecular weight is 363 g/mol. The van der Waals surface area contributed by atoms with Crippen LogP contribution in [0.5, 0.6) is 0 Å². The quantitative estimate of drug-likeness (QED) is 0.774. The number of carbonyl (C=O) groups excluding carboxylic acids is 1. The summed E-state index contributed by atoms with van der Waals surface area (Å²) in [7, 11) is 2.04. The minimum absolute atomic E-state index is 0.0401. The predicted octanol–water partition coefficient (Wildman–Crippen LogP) is 2.91. The van der Waals surface area contributed by atoms with Crippen LogP contribution < -0.4 is 5.32 Å².